The Kier molecular flexibility index (Phi) is 10.2. The van der Waals surface area contributed by atoms with E-state index in [1.807, 2.05) is 0 Å². The van der Waals surface area contributed by atoms with E-state index >= 15 is 0 Å². The van der Waals surface area contributed by atoms with E-state index < -0.39 is 29.9 Å². The van der Waals surface area contributed by atoms with Gasteiger partial charge in [-0.1, -0.05) is 0 Å². The lowest BCUT2D eigenvalue weighted by Crippen LogP contribution is -2.54. The summed E-state index contributed by atoms with van der Waals surface area (Å²) in [5.41, 5.74) is -1.38. The quantitative estimate of drug-likeness (QED) is 0.245. The summed E-state index contributed by atoms with van der Waals surface area (Å²) >= 11 is 0. The number of ether oxygens (including phenoxy) is 4. The van der Waals surface area contributed by atoms with Gasteiger partial charge >= 0.3 is 11.9 Å². The minimum Gasteiger partial charge on any atom is -0.463 e. The average molecular weight is 393 g/mol. The number of aromatic nitrogens is 1. The number of carbonyl (C=O) groups excluding carboxylic acids is 2. The van der Waals surface area contributed by atoms with Crippen LogP contribution < -0.4 is 0 Å². The highest BCUT2D eigenvalue weighted by atomic mass is 16.6. The van der Waals surface area contributed by atoms with E-state index in [1.165, 1.54) is 12.4 Å². The average Bonchev–Trinajstić information content (AvgIpc) is 2.66. The van der Waals surface area contributed by atoms with Gasteiger partial charge in [-0.3, -0.25) is 4.98 Å². The first-order chi connectivity index (χ1) is 13.4. The monoisotopic (exact) mass is 393 g/mol. The molecular formula is C20H27NO7. The molecule has 0 saturated heterocycles. The summed E-state index contributed by atoms with van der Waals surface area (Å²) in [5, 5.41) is 9.66. The molecule has 0 aliphatic heterocycles. The van der Waals surface area contributed by atoms with E-state index in [1.54, 1.807) is 32.9 Å². The molecule has 1 N–H and O–H groups in total. The molecule has 0 aliphatic rings. The van der Waals surface area contributed by atoms with Crippen molar-refractivity contribution in [3.63, 3.8) is 0 Å². The number of esters is 2. The summed E-state index contributed by atoms with van der Waals surface area (Å²) in [7, 11) is 0. The Balaban J connectivity index is 3.10. The number of hydrogen-bond donors (Lipinski definition) is 1. The fraction of sp³-hybridized carbons (Fsp3) is 0.550. The first-order valence-electron chi connectivity index (χ1n) is 9.03. The molecule has 1 aromatic heterocycles. The molecule has 1 heterocycles. The van der Waals surface area contributed by atoms with Gasteiger partial charge in [0, 0.05) is 18.8 Å². The summed E-state index contributed by atoms with van der Waals surface area (Å²) in [4.78, 5) is 29.4. The summed E-state index contributed by atoms with van der Waals surface area (Å²) in [5.74, 6) is 0.559. The van der Waals surface area contributed by atoms with Crippen molar-refractivity contribution in [2.75, 3.05) is 19.8 Å². The molecule has 2 unspecified atom stereocenters. The number of pyridine rings is 1. The maximum Gasteiger partial charge on any atom is 0.350 e. The van der Waals surface area contributed by atoms with Crippen LogP contribution in [-0.4, -0.2) is 59.8 Å². The van der Waals surface area contributed by atoms with Crippen molar-refractivity contribution >= 4 is 11.9 Å². The van der Waals surface area contributed by atoms with Crippen LogP contribution in [0.15, 0.2) is 24.5 Å². The molecule has 1 aromatic rings. The molecule has 0 aromatic carbocycles. The van der Waals surface area contributed by atoms with Crippen molar-refractivity contribution < 1.29 is 33.6 Å². The topological polar surface area (TPSA) is 104 Å². The lowest BCUT2D eigenvalue weighted by Gasteiger charge is -2.30. The smallest absolute Gasteiger partial charge is 0.350 e. The van der Waals surface area contributed by atoms with E-state index in [4.69, 9.17) is 25.4 Å². The van der Waals surface area contributed by atoms with Crippen molar-refractivity contribution in [3.8, 4) is 12.3 Å². The molecule has 0 saturated carbocycles. The van der Waals surface area contributed by atoms with Gasteiger partial charge in [0.2, 0.25) is 0 Å². The first-order valence-corrected chi connectivity index (χ1v) is 9.03. The molecule has 0 fully saturated rings. The van der Waals surface area contributed by atoms with Crippen molar-refractivity contribution in [2.24, 2.45) is 0 Å². The molecular weight excluding hydrogens is 366 g/mol. The zero-order chi connectivity index (χ0) is 21.0. The Hall–Kier alpha value is -2.47. The molecule has 0 radical (unpaired) electrons. The summed E-state index contributed by atoms with van der Waals surface area (Å²) in [6, 6.07) is 3.32. The van der Waals surface area contributed by atoms with Crippen LogP contribution in [0.5, 0.6) is 0 Å². The predicted molar refractivity (Wildman–Crippen MR) is 99.9 cm³/mol. The zero-order valence-electron chi connectivity index (χ0n) is 16.4. The Morgan fingerprint density at radius 1 is 1.21 bits per heavy atom. The van der Waals surface area contributed by atoms with Crippen LogP contribution in [0.25, 0.3) is 0 Å². The van der Waals surface area contributed by atoms with Crippen molar-refractivity contribution in [1.82, 2.24) is 4.98 Å². The number of terminal acetylenes is 1. The maximum atomic E-state index is 12.7. The van der Waals surface area contributed by atoms with E-state index in [2.05, 4.69) is 10.9 Å². The van der Waals surface area contributed by atoms with E-state index in [0.717, 1.165) is 0 Å². The molecule has 1 rings (SSSR count). The molecule has 0 bridgehead atoms. The molecule has 2 atom stereocenters. The molecule has 8 nitrogen and oxygen atoms in total. The van der Waals surface area contributed by atoms with Gasteiger partial charge in [0.15, 0.2) is 6.29 Å². The van der Waals surface area contributed by atoms with Gasteiger partial charge in [-0.15, -0.1) is 12.3 Å². The van der Waals surface area contributed by atoms with E-state index in [0.29, 0.717) is 5.56 Å². The van der Waals surface area contributed by atoms with Crippen LogP contribution in [0, 0.1) is 12.3 Å². The van der Waals surface area contributed by atoms with Gasteiger partial charge in [-0.25, -0.2) is 9.59 Å². The Labute approximate surface area is 165 Å². The van der Waals surface area contributed by atoms with E-state index in [-0.39, 0.29) is 32.7 Å². The Morgan fingerprint density at radius 2 is 1.79 bits per heavy atom. The number of aliphatic hydroxyl groups is 1. The highest BCUT2D eigenvalue weighted by Gasteiger charge is 2.51. The predicted octanol–water partition coefficient (Wildman–Crippen LogP) is 1.25. The SMILES string of the molecule is C#CCC(O)OC(C)COC(Cc1ccncc1)(C(=O)OCC)C(=O)OCC. The van der Waals surface area contributed by atoms with Crippen molar-refractivity contribution in [3.05, 3.63) is 30.1 Å². The van der Waals surface area contributed by atoms with Gasteiger partial charge in [-0.2, -0.15) is 0 Å². The standard InChI is InChI=1S/C20H27NO7/c1-5-8-17(22)28-15(4)14-27-20(18(23)25-6-2,19(24)26-7-3)13-16-9-11-21-12-10-16/h1,9-12,15,17,22H,6-8,13-14H2,2-4H3. The molecule has 28 heavy (non-hydrogen) atoms. The highest BCUT2D eigenvalue weighted by molar-refractivity contribution is 6.04. The second-order valence-electron chi connectivity index (χ2n) is 5.92. The van der Waals surface area contributed by atoms with Crippen LogP contribution in [0.4, 0.5) is 0 Å². The lowest BCUT2D eigenvalue weighted by molar-refractivity contribution is -0.201. The van der Waals surface area contributed by atoms with Gasteiger partial charge < -0.3 is 24.1 Å². The molecule has 0 spiro atoms. The Bertz CT molecular complexity index is 638. The van der Waals surface area contributed by atoms with Crippen LogP contribution in [0.2, 0.25) is 0 Å². The third-order valence-electron chi connectivity index (χ3n) is 3.66. The molecule has 154 valence electrons. The van der Waals surface area contributed by atoms with E-state index in [9.17, 15) is 14.7 Å². The Morgan fingerprint density at radius 3 is 2.29 bits per heavy atom. The summed E-state index contributed by atoms with van der Waals surface area (Å²) < 4.78 is 21.2. The highest BCUT2D eigenvalue weighted by Crippen LogP contribution is 2.23. The number of carbonyl (C=O) groups is 2. The third kappa shape index (κ3) is 6.93. The van der Waals surface area contributed by atoms with Crippen molar-refractivity contribution in [1.29, 1.82) is 0 Å². The third-order valence-corrected chi connectivity index (χ3v) is 3.66. The van der Waals surface area contributed by atoms with Crippen LogP contribution in [0.3, 0.4) is 0 Å². The second-order valence-corrected chi connectivity index (χ2v) is 5.92. The fourth-order valence-corrected chi connectivity index (χ4v) is 2.40. The zero-order valence-corrected chi connectivity index (χ0v) is 16.4. The number of hydrogen-bond acceptors (Lipinski definition) is 8. The van der Waals surface area contributed by atoms with Gasteiger partial charge in [0.1, 0.15) is 0 Å². The van der Waals surface area contributed by atoms with Crippen LogP contribution in [-0.2, 0) is 35.0 Å². The lowest BCUT2D eigenvalue weighted by atomic mass is 9.94. The largest absolute Gasteiger partial charge is 0.463 e. The number of nitrogens with zero attached hydrogens (tertiary/aromatic N) is 1. The minimum absolute atomic E-state index is 0.00223. The summed E-state index contributed by atoms with van der Waals surface area (Å²) in [6.45, 7) is 4.82. The second kappa shape index (κ2) is 12.1. The van der Waals surface area contributed by atoms with Crippen LogP contribution in [0.1, 0.15) is 32.8 Å². The number of rotatable bonds is 12. The molecule has 8 heteroatoms. The normalized spacial score (nSPS) is 13.2. The minimum atomic E-state index is -2.01. The van der Waals surface area contributed by atoms with Crippen molar-refractivity contribution in [2.45, 2.75) is 51.6 Å². The summed E-state index contributed by atoms with van der Waals surface area (Å²) in [6.07, 6.45) is 6.28. The van der Waals surface area contributed by atoms with Crippen LogP contribution >= 0.6 is 0 Å². The molecule has 0 aliphatic carbocycles. The maximum absolute atomic E-state index is 12.7. The first kappa shape index (κ1) is 23.6. The number of aliphatic hydroxyl groups excluding tert-OH is 1. The molecule has 0 amide bonds. The van der Waals surface area contributed by atoms with Gasteiger partial charge in [-0.05, 0) is 38.5 Å². The fourth-order valence-electron chi connectivity index (χ4n) is 2.40. The van der Waals surface area contributed by atoms with Gasteiger partial charge in [0.05, 0.1) is 32.3 Å². The van der Waals surface area contributed by atoms with Gasteiger partial charge in [0.25, 0.3) is 5.60 Å².